The fraction of sp³-hybridized carbons (Fsp3) is 1.00. The monoisotopic (exact) mass is 276 g/mol. The average Bonchev–Trinajstić information content (AvgIpc) is 2.70. The van der Waals surface area contributed by atoms with Gasteiger partial charge in [0.15, 0.2) is 9.84 Å². The molecule has 1 N–H and O–H groups in total. The molecule has 4 nitrogen and oxygen atoms in total. The van der Waals surface area contributed by atoms with Gasteiger partial charge < -0.3 is 5.32 Å². The summed E-state index contributed by atoms with van der Waals surface area (Å²) >= 11 is 0. The van der Waals surface area contributed by atoms with Crippen LogP contribution in [0.1, 0.15) is 40.5 Å². The van der Waals surface area contributed by atoms with Crippen LogP contribution in [0, 0.1) is 0 Å². The van der Waals surface area contributed by atoms with Crippen LogP contribution >= 0.6 is 0 Å². The number of sulfone groups is 1. The van der Waals surface area contributed by atoms with E-state index in [0.717, 1.165) is 13.1 Å². The topological polar surface area (TPSA) is 49.4 Å². The number of hydrogen-bond acceptors (Lipinski definition) is 4. The van der Waals surface area contributed by atoms with Crippen LogP contribution < -0.4 is 5.32 Å². The molecule has 0 spiro atoms. The Morgan fingerprint density at radius 1 is 1.33 bits per heavy atom. The number of nitrogens with zero attached hydrogens (tertiary/aromatic N) is 1. The molecule has 0 bridgehead atoms. The van der Waals surface area contributed by atoms with Gasteiger partial charge in [0, 0.05) is 30.4 Å². The molecule has 108 valence electrons. The number of rotatable bonds is 6. The van der Waals surface area contributed by atoms with Crippen molar-refractivity contribution in [2.24, 2.45) is 0 Å². The third kappa shape index (κ3) is 5.67. The second-order valence-electron chi connectivity index (χ2n) is 6.20. The quantitative estimate of drug-likeness (QED) is 0.794. The van der Waals surface area contributed by atoms with Crippen molar-refractivity contribution in [2.75, 3.05) is 31.1 Å². The van der Waals surface area contributed by atoms with Crippen LogP contribution in [0.15, 0.2) is 0 Å². The van der Waals surface area contributed by atoms with Gasteiger partial charge in [-0.2, -0.15) is 0 Å². The summed E-state index contributed by atoms with van der Waals surface area (Å²) in [6.07, 6.45) is 2.36. The highest BCUT2D eigenvalue weighted by molar-refractivity contribution is 7.91. The summed E-state index contributed by atoms with van der Waals surface area (Å²) in [6.45, 7) is 10.9. The summed E-state index contributed by atoms with van der Waals surface area (Å²) in [4.78, 5) is 2.33. The number of likely N-dealkylation sites (tertiary alicyclic amines) is 1. The van der Waals surface area contributed by atoms with Gasteiger partial charge in [0.25, 0.3) is 0 Å². The highest BCUT2D eigenvalue weighted by Gasteiger charge is 2.26. The van der Waals surface area contributed by atoms with E-state index in [1.165, 1.54) is 12.8 Å². The van der Waals surface area contributed by atoms with E-state index in [1.807, 2.05) is 0 Å². The van der Waals surface area contributed by atoms with Gasteiger partial charge in [-0.05, 0) is 40.2 Å². The molecule has 1 aliphatic rings. The number of hydrogen-bond donors (Lipinski definition) is 1. The standard InChI is InChI=1S/C13H28N2O2S/c1-5-18(16,17)10-9-15-8-6-7-12(15)11-14-13(2,3)4/h12,14H,5-11H2,1-4H3. The molecule has 1 atom stereocenters. The Kier molecular flexibility index (Phi) is 5.62. The maximum Gasteiger partial charge on any atom is 0.151 e. The van der Waals surface area contributed by atoms with Crippen LogP contribution in [-0.4, -0.2) is 56.0 Å². The first-order chi connectivity index (χ1) is 8.23. The van der Waals surface area contributed by atoms with Gasteiger partial charge in [-0.1, -0.05) is 6.92 Å². The Hall–Kier alpha value is -0.130. The largest absolute Gasteiger partial charge is 0.311 e. The van der Waals surface area contributed by atoms with Crippen molar-refractivity contribution in [2.45, 2.75) is 52.1 Å². The Labute approximate surface area is 112 Å². The van der Waals surface area contributed by atoms with Crippen LogP contribution in [0.25, 0.3) is 0 Å². The smallest absolute Gasteiger partial charge is 0.151 e. The maximum atomic E-state index is 11.5. The molecule has 5 heteroatoms. The molecule has 1 rings (SSSR count). The summed E-state index contributed by atoms with van der Waals surface area (Å²) in [5, 5.41) is 3.51. The van der Waals surface area contributed by atoms with Crippen molar-refractivity contribution in [1.29, 1.82) is 0 Å². The minimum atomic E-state index is -2.84. The van der Waals surface area contributed by atoms with E-state index in [0.29, 0.717) is 18.3 Å². The van der Waals surface area contributed by atoms with Gasteiger partial charge in [-0.3, -0.25) is 4.90 Å². The lowest BCUT2D eigenvalue weighted by molar-refractivity contribution is 0.244. The summed E-state index contributed by atoms with van der Waals surface area (Å²) in [6, 6.07) is 0.497. The molecule has 0 aromatic carbocycles. The van der Waals surface area contributed by atoms with E-state index in [9.17, 15) is 8.42 Å². The summed E-state index contributed by atoms with van der Waals surface area (Å²) < 4.78 is 23.1. The zero-order valence-corrected chi connectivity index (χ0v) is 13.0. The first-order valence-electron chi connectivity index (χ1n) is 6.93. The predicted octanol–water partition coefficient (Wildman–Crippen LogP) is 1.27. The van der Waals surface area contributed by atoms with Gasteiger partial charge in [0.2, 0.25) is 0 Å². The van der Waals surface area contributed by atoms with E-state index < -0.39 is 9.84 Å². The maximum absolute atomic E-state index is 11.5. The van der Waals surface area contributed by atoms with Crippen LogP contribution in [0.4, 0.5) is 0 Å². The van der Waals surface area contributed by atoms with Crippen molar-refractivity contribution < 1.29 is 8.42 Å². The molecule has 18 heavy (non-hydrogen) atoms. The predicted molar refractivity (Wildman–Crippen MR) is 76.7 cm³/mol. The molecule has 1 aliphatic heterocycles. The fourth-order valence-corrected chi connectivity index (χ4v) is 3.05. The molecule has 0 aromatic rings. The Morgan fingerprint density at radius 3 is 2.56 bits per heavy atom. The van der Waals surface area contributed by atoms with Gasteiger partial charge >= 0.3 is 0 Å². The second-order valence-corrected chi connectivity index (χ2v) is 8.67. The van der Waals surface area contributed by atoms with E-state index in [-0.39, 0.29) is 11.3 Å². The zero-order chi connectivity index (χ0) is 13.8. The Balaban J connectivity index is 2.40. The first-order valence-corrected chi connectivity index (χ1v) is 8.75. The molecule has 0 amide bonds. The molecule has 0 radical (unpaired) electrons. The van der Waals surface area contributed by atoms with Crippen molar-refractivity contribution in [3.05, 3.63) is 0 Å². The summed E-state index contributed by atoms with van der Waals surface area (Å²) in [7, 11) is -2.84. The lowest BCUT2D eigenvalue weighted by Gasteiger charge is -2.28. The third-order valence-corrected chi connectivity index (χ3v) is 5.18. The Morgan fingerprint density at radius 2 is 2.00 bits per heavy atom. The normalized spacial score (nSPS) is 22.6. The van der Waals surface area contributed by atoms with Gasteiger partial charge in [-0.25, -0.2) is 8.42 Å². The molecular formula is C13H28N2O2S. The highest BCUT2D eigenvalue weighted by Crippen LogP contribution is 2.17. The van der Waals surface area contributed by atoms with E-state index in [1.54, 1.807) is 6.92 Å². The van der Waals surface area contributed by atoms with Crippen LogP contribution in [0.5, 0.6) is 0 Å². The first kappa shape index (κ1) is 15.9. The second kappa shape index (κ2) is 6.35. The molecular weight excluding hydrogens is 248 g/mol. The molecule has 1 heterocycles. The van der Waals surface area contributed by atoms with E-state index >= 15 is 0 Å². The zero-order valence-electron chi connectivity index (χ0n) is 12.2. The highest BCUT2D eigenvalue weighted by atomic mass is 32.2. The minimum Gasteiger partial charge on any atom is -0.311 e. The van der Waals surface area contributed by atoms with Gasteiger partial charge in [-0.15, -0.1) is 0 Å². The molecule has 0 aliphatic carbocycles. The molecule has 1 saturated heterocycles. The molecule has 1 fully saturated rings. The molecule has 0 aromatic heterocycles. The average molecular weight is 276 g/mol. The van der Waals surface area contributed by atoms with Gasteiger partial charge in [0.1, 0.15) is 0 Å². The summed E-state index contributed by atoms with van der Waals surface area (Å²) in [5.41, 5.74) is 0.129. The summed E-state index contributed by atoms with van der Waals surface area (Å²) in [5.74, 6) is 0.557. The molecule has 0 saturated carbocycles. The van der Waals surface area contributed by atoms with Crippen molar-refractivity contribution in [3.8, 4) is 0 Å². The SMILES string of the molecule is CCS(=O)(=O)CCN1CCCC1CNC(C)(C)C. The fourth-order valence-electron chi connectivity index (χ4n) is 2.25. The van der Waals surface area contributed by atoms with Crippen molar-refractivity contribution in [3.63, 3.8) is 0 Å². The third-order valence-electron chi connectivity index (χ3n) is 3.50. The Bertz CT molecular complexity index is 346. The minimum absolute atomic E-state index is 0.129. The van der Waals surface area contributed by atoms with Crippen LogP contribution in [0.2, 0.25) is 0 Å². The lowest BCUT2D eigenvalue weighted by Crippen LogP contribution is -2.46. The number of nitrogens with one attached hydrogen (secondary N) is 1. The lowest BCUT2D eigenvalue weighted by atomic mass is 10.1. The van der Waals surface area contributed by atoms with Crippen LogP contribution in [0.3, 0.4) is 0 Å². The van der Waals surface area contributed by atoms with Crippen molar-refractivity contribution >= 4 is 9.84 Å². The molecule has 1 unspecified atom stereocenters. The van der Waals surface area contributed by atoms with E-state index in [4.69, 9.17) is 0 Å². The van der Waals surface area contributed by atoms with Crippen molar-refractivity contribution in [1.82, 2.24) is 10.2 Å². The van der Waals surface area contributed by atoms with Gasteiger partial charge in [0.05, 0.1) is 5.75 Å². The van der Waals surface area contributed by atoms with E-state index in [2.05, 4.69) is 31.0 Å². The van der Waals surface area contributed by atoms with Crippen LogP contribution in [-0.2, 0) is 9.84 Å².